The SMILES string of the molecule is COCCN(CCOC)c1nccnc1CN. The molecule has 6 heteroatoms. The van der Waals surface area contributed by atoms with Crippen LogP contribution in [0.15, 0.2) is 12.4 Å². The number of hydrogen-bond donors (Lipinski definition) is 1. The first-order chi connectivity index (χ1) is 8.33. The topological polar surface area (TPSA) is 73.5 Å². The zero-order chi connectivity index (χ0) is 12.5. The Hall–Kier alpha value is -1.24. The van der Waals surface area contributed by atoms with Gasteiger partial charge in [-0.2, -0.15) is 0 Å². The molecule has 0 unspecified atom stereocenters. The second-order valence-electron chi connectivity index (χ2n) is 3.50. The molecule has 0 bridgehead atoms. The molecule has 1 aromatic heterocycles. The van der Waals surface area contributed by atoms with Gasteiger partial charge in [0.05, 0.1) is 18.9 Å². The van der Waals surface area contributed by atoms with Crippen LogP contribution in [0.5, 0.6) is 0 Å². The molecule has 0 aliphatic heterocycles. The normalized spacial score (nSPS) is 10.5. The fourth-order valence-corrected chi connectivity index (χ4v) is 1.49. The highest BCUT2D eigenvalue weighted by atomic mass is 16.5. The van der Waals surface area contributed by atoms with E-state index in [0.717, 1.165) is 24.6 Å². The number of methoxy groups -OCH3 is 2. The Balaban J connectivity index is 2.78. The van der Waals surface area contributed by atoms with Crippen LogP contribution in [-0.4, -0.2) is 50.5 Å². The minimum atomic E-state index is 0.375. The van der Waals surface area contributed by atoms with Crippen LogP contribution in [-0.2, 0) is 16.0 Å². The van der Waals surface area contributed by atoms with Crippen molar-refractivity contribution in [3.8, 4) is 0 Å². The number of nitrogens with two attached hydrogens (primary N) is 1. The van der Waals surface area contributed by atoms with Crippen LogP contribution < -0.4 is 10.6 Å². The average Bonchev–Trinajstić information content (AvgIpc) is 2.39. The van der Waals surface area contributed by atoms with Gasteiger partial charge in [-0.05, 0) is 0 Å². The zero-order valence-corrected chi connectivity index (χ0v) is 10.4. The summed E-state index contributed by atoms with van der Waals surface area (Å²) in [6.45, 7) is 3.12. The Morgan fingerprint density at radius 3 is 2.24 bits per heavy atom. The van der Waals surface area contributed by atoms with Gasteiger partial charge in [0.2, 0.25) is 0 Å². The van der Waals surface area contributed by atoms with E-state index in [1.165, 1.54) is 0 Å². The summed E-state index contributed by atoms with van der Waals surface area (Å²) >= 11 is 0. The van der Waals surface area contributed by atoms with E-state index in [4.69, 9.17) is 15.2 Å². The third-order valence-corrected chi connectivity index (χ3v) is 2.38. The molecule has 0 saturated carbocycles. The van der Waals surface area contributed by atoms with E-state index in [0.29, 0.717) is 19.8 Å². The number of rotatable bonds is 8. The molecule has 0 fully saturated rings. The first kappa shape index (κ1) is 13.8. The Kier molecular flexibility index (Phi) is 6.46. The van der Waals surface area contributed by atoms with Gasteiger partial charge in [-0.1, -0.05) is 0 Å². The lowest BCUT2D eigenvalue weighted by molar-refractivity contribution is 0.190. The molecule has 0 aromatic carbocycles. The molecule has 2 N–H and O–H groups in total. The summed E-state index contributed by atoms with van der Waals surface area (Å²) in [6.07, 6.45) is 3.32. The highest BCUT2D eigenvalue weighted by molar-refractivity contribution is 5.42. The van der Waals surface area contributed by atoms with Gasteiger partial charge >= 0.3 is 0 Å². The van der Waals surface area contributed by atoms with Gasteiger partial charge in [0.15, 0.2) is 5.82 Å². The molecule has 17 heavy (non-hydrogen) atoms. The number of ether oxygens (including phenoxy) is 2. The van der Waals surface area contributed by atoms with Gasteiger partial charge < -0.3 is 20.1 Å². The molecule has 1 rings (SSSR count). The fraction of sp³-hybridized carbons (Fsp3) is 0.636. The second kappa shape index (κ2) is 7.94. The monoisotopic (exact) mass is 240 g/mol. The molecule has 0 radical (unpaired) electrons. The first-order valence-electron chi connectivity index (χ1n) is 5.56. The summed E-state index contributed by atoms with van der Waals surface area (Å²) in [5.74, 6) is 0.809. The second-order valence-corrected chi connectivity index (χ2v) is 3.50. The van der Waals surface area contributed by atoms with Crippen LogP contribution in [0.1, 0.15) is 5.69 Å². The van der Waals surface area contributed by atoms with E-state index in [2.05, 4.69) is 14.9 Å². The minimum absolute atomic E-state index is 0.375. The molecule has 0 spiro atoms. The third kappa shape index (κ3) is 4.26. The first-order valence-corrected chi connectivity index (χ1v) is 5.56. The van der Waals surface area contributed by atoms with Crippen LogP contribution in [0.4, 0.5) is 5.82 Å². The lowest BCUT2D eigenvalue weighted by Gasteiger charge is -2.24. The van der Waals surface area contributed by atoms with Crippen LogP contribution in [0, 0.1) is 0 Å². The fourth-order valence-electron chi connectivity index (χ4n) is 1.49. The van der Waals surface area contributed by atoms with Crippen molar-refractivity contribution in [1.82, 2.24) is 9.97 Å². The quantitative estimate of drug-likeness (QED) is 0.691. The Labute approximate surface area is 102 Å². The molecule has 1 aromatic rings. The largest absolute Gasteiger partial charge is 0.383 e. The number of aromatic nitrogens is 2. The highest BCUT2D eigenvalue weighted by Gasteiger charge is 2.12. The summed E-state index contributed by atoms with van der Waals surface area (Å²) < 4.78 is 10.2. The zero-order valence-electron chi connectivity index (χ0n) is 10.4. The highest BCUT2D eigenvalue weighted by Crippen LogP contribution is 2.13. The molecule has 96 valence electrons. The van der Waals surface area contributed by atoms with Crippen LogP contribution in [0.2, 0.25) is 0 Å². The molecule has 0 saturated heterocycles. The summed E-state index contributed by atoms with van der Waals surface area (Å²) in [7, 11) is 3.35. The number of hydrogen-bond acceptors (Lipinski definition) is 6. The standard InChI is InChI=1S/C11H20N4O2/c1-16-7-5-15(6-8-17-2)11-10(9-12)13-3-4-14-11/h3-4H,5-9,12H2,1-2H3. The number of anilines is 1. The Morgan fingerprint density at radius 2 is 1.71 bits per heavy atom. The maximum atomic E-state index is 5.65. The van der Waals surface area contributed by atoms with Gasteiger partial charge in [-0.25, -0.2) is 4.98 Å². The van der Waals surface area contributed by atoms with E-state index < -0.39 is 0 Å². The van der Waals surface area contributed by atoms with Crippen LogP contribution in [0.3, 0.4) is 0 Å². The van der Waals surface area contributed by atoms with E-state index in [-0.39, 0.29) is 0 Å². The molecule has 1 heterocycles. The maximum absolute atomic E-state index is 5.65. The summed E-state index contributed by atoms with van der Waals surface area (Å²) in [5, 5.41) is 0. The number of nitrogens with zero attached hydrogens (tertiary/aromatic N) is 3. The van der Waals surface area contributed by atoms with Crippen molar-refractivity contribution in [3.05, 3.63) is 18.1 Å². The van der Waals surface area contributed by atoms with Crippen LogP contribution in [0.25, 0.3) is 0 Å². The lowest BCUT2D eigenvalue weighted by Crippen LogP contribution is -2.32. The maximum Gasteiger partial charge on any atom is 0.151 e. The van der Waals surface area contributed by atoms with Crippen molar-refractivity contribution in [1.29, 1.82) is 0 Å². The van der Waals surface area contributed by atoms with E-state index in [1.54, 1.807) is 26.6 Å². The molecular weight excluding hydrogens is 220 g/mol. The molecule has 0 atom stereocenters. The summed E-state index contributed by atoms with van der Waals surface area (Å²) in [5.41, 5.74) is 6.45. The van der Waals surface area contributed by atoms with E-state index in [1.807, 2.05) is 0 Å². The van der Waals surface area contributed by atoms with Crippen molar-refractivity contribution in [2.24, 2.45) is 5.73 Å². The predicted octanol–water partition coefficient (Wildman–Crippen LogP) is 0.0345. The van der Waals surface area contributed by atoms with Crippen molar-refractivity contribution >= 4 is 5.82 Å². The van der Waals surface area contributed by atoms with E-state index >= 15 is 0 Å². The van der Waals surface area contributed by atoms with Crippen LogP contribution >= 0.6 is 0 Å². The van der Waals surface area contributed by atoms with Gasteiger partial charge in [0.25, 0.3) is 0 Å². The van der Waals surface area contributed by atoms with Gasteiger partial charge in [0.1, 0.15) is 0 Å². The van der Waals surface area contributed by atoms with Crippen molar-refractivity contribution in [2.75, 3.05) is 45.4 Å². The lowest BCUT2D eigenvalue weighted by atomic mass is 10.3. The van der Waals surface area contributed by atoms with Crippen molar-refractivity contribution in [2.45, 2.75) is 6.54 Å². The van der Waals surface area contributed by atoms with Gasteiger partial charge in [-0.15, -0.1) is 0 Å². The summed E-state index contributed by atoms with van der Waals surface area (Å²) in [4.78, 5) is 10.6. The molecule has 0 aliphatic rings. The van der Waals surface area contributed by atoms with E-state index in [9.17, 15) is 0 Å². The molecule has 6 nitrogen and oxygen atoms in total. The third-order valence-electron chi connectivity index (χ3n) is 2.38. The predicted molar refractivity (Wildman–Crippen MR) is 65.9 cm³/mol. The smallest absolute Gasteiger partial charge is 0.151 e. The minimum Gasteiger partial charge on any atom is -0.383 e. The molecular formula is C11H20N4O2. The Bertz CT molecular complexity index is 314. The van der Waals surface area contributed by atoms with Crippen molar-refractivity contribution < 1.29 is 9.47 Å². The summed E-state index contributed by atoms with van der Waals surface area (Å²) in [6, 6.07) is 0. The Morgan fingerprint density at radius 1 is 1.12 bits per heavy atom. The average molecular weight is 240 g/mol. The molecule has 0 amide bonds. The van der Waals surface area contributed by atoms with Gasteiger partial charge in [0, 0.05) is 46.2 Å². The van der Waals surface area contributed by atoms with Gasteiger partial charge in [-0.3, -0.25) is 4.98 Å². The van der Waals surface area contributed by atoms with Crippen molar-refractivity contribution in [3.63, 3.8) is 0 Å². The molecule has 0 aliphatic carbocycles.